The average Bonchev–Trinajstić information content (AvgIpc) is 4.05. The van der Waals surface area contributed by atoms with E-state index in [2.05, 4.69) is 0 Å². The number of hydrogen-bond donors (Lipinski definition) is 0. The lowest BCUT2D eigenvalue weighted by Crippen LogP contribution is -2.36. The van der Waals surface area contributed by atoms with Gasteiger partial charge in [0.15, 0.2) is 0 Å². The molecule has 4 saturated heterocycles. The molecule has 4 fully saturated rings. The van der Waals surface area contributed by atoms with E-state index in [1.54, 1.807) is 152 Å². The molecule has 0 bridgehead atoms. The topological polar surface area (TPSA) is 171 Å². The number of benzene rings is 5. The summed E-state index contributed by atoms with van der Waals surface area (Å²) in [7, 11) is -13.2. The quantitative estimate of drug-likeness (QED) is 0.0763. The van der Waals surface area contributed by atoms with Crippen LogP contribution in [0.2, 0.25) is 0 Å². The number of fused-ring (bicyclic) bond motifs is 2. The summed E-state index contributed by atoms with van der Waals surface area (Å²) in [5.41, 5.74) is 0. The molecule has 4 aliphatic rings. The van der Waals surface area contributed by atoms with Crippen molar-refractivity contribution in [1.29, 1.82) is 0 Å². The molecule has 8 atom stereocenters. The number of rotatable bonds is 18. The lowest BCUT2D eigenvalue weighted by Gasteiger charge is -2.27. The van der Waals surface area contributed by atoms with Gasteiger partial charge in [-0.3, -0.25) is 18.1 Å². The van der Waals surface area contributed by atoms with E-state index in [4.69, 9.17) is 59.7 Å². The first-order valence-electron chi connectivity index (χ1n) is 19.4. The first kappa shape index (κ1) is 41.8. The maximum absolute atomic E-state index is 14.8. The smallest absolute Gasteiger partial charge is 0.404 e. The summed E-state index contributed by atoms with van der Waals surface area (Å²) in [6.07, 6.45) is -7.21. The molecule has 9 rings (SSSR count). The molecule has 5 aromatic carbocycles. The fourth-order valence-electron chi connectivity index (χ4n) is 7.13. The van der Waals surface area contributed by atoms with E-state index in [9.17, 15) is 13.7 Å². The monoisotopic (exact) mass is 894 g/mol. The van der Waals surface area contributed by atoms with Crippen molar-refractivity contribution in [1.82, 2.24) is 0 Å². The number of phosphoric acid groups is 3. The Kier molecular flexibility index (Phi) is 12.6. The molecule has 0 amide bonds. The van der Waals surface area contributed by atoms with Gasteiger partial charge in [-0.15, -0.1) is 0 Å². The maximum atomic E-state index is 14.8. The average molecular weight is 895 g/mol. The molecule has 0 aliphatic carbocycles. The molecule has 0 radical (unpaired) electrons. The van der Waals surface area contributed by atoms with Crippen molar-refractivity contribution < 1.29 is 73.4 Å². The first-order chi connectivity index (χ1) is 29.7. The predicted octanol–water partition coefficient (Wildman–Crippen LogP) is 8.84. The highest BCUT2D eigenvalue weighted by Crippen LogP contribution is 2.58. The Morgan fingerprint density at radius 3 is 0.738 bits per heavy atom. The highest BCUT2D eigenvalue weighted by molar-refractivity contribution is 7.49. The summed E-state index contributed by atoms with van der Waals surface area (Å²) in [5, 5.41) is 0. The number of para-hydroxylation sites is 5. The minimum absolute atomic E-state index is 0.0819. The molecule has 320 valence electrons. The fourth-order valence-corrected chi connectivity index (χ4v) is 11.5. The lowest BCUT2D eigenvalue weighted by molar-refractivity contribution is -0.0229. The summed E-state index contributed by atoms with van der Waals surface area (Å²) in [4.78, 5) is 0. The van der Waals surface area contributed by atoms with Crippen LogP contribution in [0.5, 0.6) is 28.7 Å². The standard InChI is InChI=1S/C42H41O16P3/c43-59(50-30-16-6-1-7-17-30,51-31-18-8-2-9-19-31)55-35-26-46-41-37(28-48-39(35)41)57-61(45,54-34-24-14-5-15-25-34)58-38-29-49-40-36(27-47-42(38)40)56-60(44,52-32-20-10-3-11-21-32)53-33-22-12-4-13-23-33/h1-25,35-42H,26-29H2. The molecule has 61 heavy (non-hydrogen) atoms. The Morgan fingerprint density at radius 2 is 0.508 bits per heavy atom. The fraction of sp³-hybridized carbons (Fsp3) is 0.286. The highest BCUT2D eigenvalue weighted by Gasteiger charge is 2.57. The molecule has 4 heterocycles. The van der Waals surface area contributed by atoms with Crippen molar-refractivity contribution in [2.75, 3.05) is 26.4 Å². The zero-order valence-corrected chi connectivity index (χ0v) is 34.9. The summed E-state index contributed by atoms with van der Waals surface area (Å²) < 4.78 is 121. The summed E-state index contributed by atoms with van der Waals surface area (Å²) in [5.74, 6) is 1.25. The van der Waals surface area contributed by atoms with Crippen molar-refractivity contribution in [2.24, 2.45) is 0 Å². The highest BCUT2D eigenvalue weighted by atomic mass is 31.2. The lowest BCUT2D eigenvalue weighted by atomic mass is 10.1. The molecular weight excluding hydrogens is 853 g/mol. The molecule has 19 heteroatoms. The van der Waals surface area contributed by atoms with Gasteiger partial charge in [0.2, 0.25) is 0 Å². The van der Waals surface area contributed by atoms with Crippen LogP contribution in [-0.2, 0) is 50.7 Å². The minimum Gasteiger partial charge on any atom is -0.404 e. The van der Waals surface area contributed by atoms with E-state index < -0.39 is 72.3 Å². The van der Waals surface area contributed by atoms with Gasteiger partial charge in [0.05, 0.1) is 26.4 Å². The summed E-state index contributed by atoms with van der Waals surface area (Å²) in [6.45, 7) is -0.382. The molecule has 5 aromatic rings. The van der Waals surface area contributed by atoms with E-state index >= 15 is 0 Å². The van der Waals surface area contributed by atoms with Gasteiger partial charge in [-0.25, -0.2) is 13.7 Å². The second-order valence-corrected chi connectivity index (χ2v) is 18.6. The van der Waals surface area contributed by atoms with E-state index in [-0.39, 0.29) is 55.2 Å². The Balaban J connectivity index is 0.888. The molecule has 0 N–H and O–H groups in total. The van der Waals surface area contributed by atoms with Crippen LogP contribution in [-0.4, -0.2) is 75.3 Å². The first-order valence-corrected chi connectivity index (χ1v) is 23.8. The third kappa shape index (κ3) is 10.2. The van der Waals surface area contributed by atoms with Gasteiger partial charge in [0.1, 0.15) is 77.6 Å². The van der Waals surface area contributed by atoms with Crippen LogP contribution in [0.4, 0.5) is 0 Å². The normalized spacial score (nSPS) is 26.8. The van der Waals surface area contributed by atoms with Gasteiger partial charge >= 0.3 is 23.5 Å². The zero-order chi connectivity index (χ0) is 41.7. The third-order valence-corrected chi connectivity index (χ3v) is 14.1. The van der Waals surface area contributed by atoms with Crippen molar-refractivity contribution in [3.05, 3.63) is 152 Å². The number of phosphoric ester groups is 3. The minimum atomic E-state index is -4.55. The third-order valence-electron chi connectivity index (χ3n) is 9.79. The van der Waals surface area contributed by atoms with Crippen LogP contribution in [0.3, 0.4) is 0 Å². The van der Waals surface area contributed by atoms with Crippen LogP contribution in [0.25, 0.3) is 0 Å². The molecular formula is C42H41O16P3. The van der Waals surface area contributed by atoms with Gasteiger partial charge in [-0.05, 0) is 60.7 Å². The van der Waals surface area contributed by atoms with Gasteiger partial charge in [0, 0.05) is 0 Å². The van der Waals surface area contributed by atoms with Crippen molar-refractivity contribution in [3.63, 3.8) is 0 Å². The Morgan fingerprint density at radius 1 is 0.311 bits per heavy atom. The number of ether oxygens (including phenoxy) is 4. The van der Waals surface area contributed by atoms with Gasteiger partial charge < -0.3 is 41.6 Å². The van der Waals surface area contributed by atoms with Crippen molar-refractivity contribution >= 4 is 23.5 Å². The van der Waals surface area contributed by atoms with E-state index in [1.807, 2.05) is 0 Å². The SMILES string of the molecule is O=P(Oc1ccccc1)(Oc1ccccc1)OC1COC2C(OP(=O)(Oc3ccccc3)OC3COC4C(OP(=O)(Oc5ccccc5)Oc5ccccc5)COC34)COC12. The van der Waals surface area contributed by atoms with Crippen LogP contribution in [0.1, 0.15) is 0 Å². The van der Waals surface area contributed by atoms with Crippen LogP contribution >= 0.6 is 23.5 Å². The Bertz CT molecular complexity index is 2100. The zero-order valence-electron chi connectivity index (χ0n) is 32.3. The second kappa shape index (κ2) is 18.4. The van der Waals surface area contributed by atoms with E-state index in [0.717, 1.165) is 0 Å². The van der Waals surface area contributed by atoms with E-state index in [1.165, 1.54) is 0 Å². The predicted molar refractivity (Wildman–Crippen MR) is 217 cm³/mol. The molecule has 8 unspecified atom stereocenters. The second-order valence-electron chi connectivity index (χ2n) is 14.1. The van der Waals surface area contributed by atoms with Gasteiger partial charge in [0.25, 0.3) is 0 Å². The molecule has 4 aliphatic heterocycles. The largest absolute Gasteiger partial charge is 0.588 e. The Labute approximate surface area is 351 Å². The molecule has 0 spiro atoms. The van der Waals surface area contributed by atoms with Crippen molar-refractivity contribution in [3.8, 4) is 28.7 Å². The van der Waals surface area contributed by atoms with Crippen LogP contribution < -0.4 is 22.6 Å². The van der Waals surface area contributed by atoms with Crippen LogP contribution in [0.15, 0.2) is 152 Å². The van der Waals surface area contributed by atoms with Crippen LogP contribution in [0, 0.1) is 0 Å². The number of hydrogen-bond acceptors (Lipinski definition) is 16. The maximum Gasteiger partial charge on any atom is 0.588 e. The van der Waals surface area contributed by atoms with Gasteiger partial charge in [-0.1, -0.05) is 91.0 Å². The summed E-state index contributed by atoms with van der Waals surface area (Å²) >= 11 is 0. The van der Waals surface area contributed by atoms with E-state index in [0.29, 0.717) is 0 Å². The van der Waals surface area contributed by atoms with Crippen molar-refractivity contribution in [2.45, 2.75) is 48.8 Å². The summed E-state index contributed by atoms with van der Waals surface area (Å²) in [6, 6.07) is 42.3. The van der Waals surface area contributed by atoms with Gasteiger partial charge in [-0.2, -0.15) is 0 Å². The molecule has 0 saturated carbocycles. The Hall–Kier alpha value is -4.53. The molecule has 16 nitrogen and oxygen atoms in total. The molecule has 0 aromatic heterocycles.